The molecule has 0 fully saturated rings. The zero-order valence-corrected chi connectivity index (χ0v) is 6.77. The standard InChI is InChI=1S/C4H11N3O2S/c1-7(2)10(5,9)6-3-4-8/h4H,3H2,1-2H3,(H2,5,6,9). The van der Waals surface area contributed by atoms with Gasteiger partial charge < -0.3 is 4.79 Å². The predicted molar refractivity (Wildman–Crippen MR) is 38.6 cm³/mol. The second-order valence-corrected chi connectivity index (χ2v) is 3.92. The maximum atomic E-state index is 11.0. The van der Waals surface area contributed by atoms with Crippen molar-refractivity contribution >= 4 is 16.4 Å². The van der Waals surface area contributed by atoms with E-state index in [1.807, 2.05) is 0 Å². The van der Waals surface area contributed by atoms with Gasteiger partial charge >= 0.3 is 0 Å². The van der Waals surface area contributed by atoms with Crippen LogP contribution in [-0.2, 0) is 14.9 Å². The van der Waals surface area contributed by atoms with E-state index < -0.39 is 10.1 Å². The molecule has 1 unspecified atom stereocenters. The lowest BCUT2D eigenvalue weighted by Gasteiger charge is -2.13. The zero-order chi connectivity index (χ0) is 8.20. The van der Waals surface area contributed by atoms with E-state index in [-0.39, 0.29) is 6.54 Å². The molecule has 0 radical (unpaired) electrons. The SMILES string of the molecule is CN(C)S(=N)(=O)NCC=O. The maximum absolute atomic E-state index is 11.0. The highest BCUT2D eigenvalue weighted by molar-refractivity contribution is 7.88. The van der Waals surface area contributed by atoms with Crippen molar-refractivity contribution in [1.82, 2.24) is 9.03 Å². The van der Waals surface area contributed by atoms with E-state index in [1.165, 1.54) is 18.4 Å². The van der Waals surface area contributed by atoms with E-state index in [0.29, 0.717) is 6.29 Å². The Balaban J connectivity index is 4.02. The van der Waals surface area contributed by atoms with Crippen LogP contribution in [0.4, 0.5) is 0 Å². The molecule has 0 aromatic carbocycles. The van der Waals surface area contributed by atoms with Gasteiger partial charge in [-0.2, -0.15) is 0 Å². The molecule has 0 aromatic heterocycles. The monoisotopic (exact) mass is 165 g/mol. The van der Waals surface area contributed by atoms with Gasteiger partial charge in [0.15, 0.2) is 10.1 Å². The molecule has 0 aliphatic carbocycles. The van der Waals surface area contributed by atoms with Crippen molar-refractivity contribution < 1.29 is 9.00 Å². The first-order chi connectivity index (χ1) is 4.50. The molecule has 5 nitrogen and oxygen atoms in total. The first kappa shape index (κ1) is 9.54. The summed E-state index contributed by atoms with van der Waals surface area (Å²) in [5, 5.41) is 0. The average molecular weight is 165 g/mol. The Bertz CT molecular complexity index is 197. The van der Waals surface area contributed by atoms with E-state index in [1.54, 1.807) is 0 Å². The van der Waals surface area contributed by atoms with Crippen molar-refractivity contribution in [2.24, 2.45) is 0 Å². The van der Waals surface area contributed by atoms with E-state index in [4.69, 9.17) is 4.78 Å². The van der Waals surface area contributed by atoms with Gasteiger partial charge in [0.2, 0.25) is 0 Å². The minimum atomic E-state index is -2.91. The third-order valence-electron chi connectivity index (χ3n) is 0.877. The minimum Gasteiger partial charge on any atom is -0.302 e. The van der Waals surface area contributed by atoms with Gasteiger partial charge in [0.25, 0.3) is 0 Å². The summed E-state index contributed by atoms with van der Waals surface area (Å²) in [6, 6.07) is 0. The minimum absolute atomic E-state index is 0.0550. The van der Waals surface area contributed by atoms with E-state index in [9.17, 15) is 9.00 Å². The van der Waals surface area contributed by atoms with Crippen molar-refractivity contribution in [3.05, 3.63) is 0 Å². The van der Waals surface area contributed by atoms with Crippen molar-refractivity contribution in [2.75, 3.05) is 20.6 Å². The van der Waals surface area contributed by atoms with Crippen molar-refractivity contribution in [2.45, 2.75) is 0 Å². The van der Waals surface area contributed by atoms with Crippen LogP contribution in [-0.4, -0.2) is 35.4 Å². The Kier molecular flexibility index (Phi) is 3.48. The molecule has 0 saturated heterocycles. The fraction of sp³-hybridized carbons (Fsp3) is 0.750. The summed E-state index contributed by atoms with van der Waals surface area (Å²) in [7, 11) is 0.106. The van der Waals surface area contributed by atoms with E-state index in [2.05, 4.69) is 4.72 Å². The molecule has 0 aromatic rings. The maximum Gasteiger partial charge on any atom is 0.172 e. The molecule has 1 atom stereocenters. The summed E-state index contributed by atoms with van der Waals surface area (Å²) in [6.45, 7) is -0.0550. The summed E-state index contributed by atoms with van der Waals surface area (Å²) < 4.78 is 21.5. The number of rotatable bonds is 4. The molecule has 10 heavy (non-hydrogen) atoms. The summed E-state index contributed by atoms with van der Waals surface area (Å²) >= 11 is 0. The van der Waals surface area contributed by atoms with Crippen LogP contribution in [0.25, 0.3) is 0 Å². The van der Waals surface area contributed by atoms with Crippen LogP contribution in [0.5, 0.6) is 0 Å². The summed E-state index contributed by atoms with van der Waals surface area (Å²) in [6.07, 6.45) is 0.567. The lowest BCUT2D eigenvalue weighted by atomic mass is 10.8. The quantitative estimate of drug-likeness (QED) is 0.536. The molecule has 0 rings (SSSR count). The van der Waals surface area contributed by atoms with Gasteiger partial charge in [-0.1, -0.05) is 0 Å². The normalized spacial score (nSPS) is 16.7. The molecule has 0 aliphatic rings. The van der Waals surface area contributed by atoms with Crippen molar-refractivity contribution in [1.29, 1.82) is 4.78 Å². The molecule has 0 amide bonds. The molecule has 2 N–H and O–H groups in total. The third-order valence-corrected chi connectivity index (χ3v) is 2.46. The van der Waals surface area contributed by atoms with Crippen LogP contribution in [0.1, 0.15) is 0 Å². The summed E-state index contributed by atoms with van der Waals surface area (Å²) in [5.41, 5.74) is 0. The molecule has 0 aliphatic heterocycles. The zero-order valence-electron chi connectivity index (χ0n) is 5.96. The molecule has 0 spiro atoms. The fourth-order valence-corrected chi connectivity index (χ4v) is 0.828. The number of carbonyl (C=O) groups excluding carboxylic acids is 1. The second-order valence-electron chi connectivity index (χ2n) is 1.85. The van der Waals surface area contributed by atoms with Gasteiger partial charge in [0.05, 0.1) is 6.54 Å². The molecule has 0 saturated carbocycles. The Labute approximate surface area is 60.6 Å². The Hall–Kier alpha value is -0.460. The largest absolute Gasteiger partial charge is 0.302 e. The Morgan fingerprint density at radius 3 is 2.50 bits per heavy atom. The molecular formula is C4H11N3O2S. The van der Waals surface area contributed by atoms with Crippen LogP contribution in [0.15, 0.2) is 0 Å². The summed E-state index contributed by atoms with van der Waals surface area (Å²) in [5.74, 6) is 0. The average Bonchev–Trinajstić information content (AvgIpc) is 1.84. The number of carbonyl (C=O) groups is 1. The van der Waals surface area contributed by atoms with Gasteiger partial charge in [-0.3, -0.25) is 0 Å². The highest BCUT2D eigenvalue weighted by Crippen LogP contribution is 1.86. The van der Waals surface area contributed by atoms with Crippen LogP contribution >= 0.6 is 0 Å². The van der Waals surface area contributed by atoms with Gasteiger partial charge in [-0.05, 0) is 0 Å². The first-order valence-corrected chi connectivity index (χ1v) is 4.16. The fourth-order valence-electron chi connectivity index (χ4n) is 0.276. The molecule has 0 bridgehead atoms. The van der Waals surface area contributed by atoms with Gasteiger partial charge in [0.1, 0.15) is 6.29 Å². The van der Waals surface area contributed by atoms with Crippen LogP contribution in [0.3, 0.4) is 0 Å². The predicted octanol–water partition coefficient (Wildman–Crippen LogP) is -0.787. The van der Waals surface area contributed by atoms with Crippen LogP contribution in [0.2, 0.25) is 0 Å². The number of aldehydes is 1. The highest BCUT2D eigenvalue weighted by Gasteiger charge is 2.05. The smallest absolute Gasteiger partial charge is 0.172 e. The number of hydrogen-bond acceptors (Lipinski definition) is 3. The van der Waals surface area contributed by atoms with E-state index >= 15 is 0 Å². The van der Waals surface area contributed by atoms with Crippen molar-refractivity contribution in [3.8, 4) is 0 Å². The molecule has 60 valence electrons. The Morgan fingerprint density at radius 1 is 1.70 bits per heavy atom. The number of nitrogens with zero attached hydrogens (tertiary/aromatic N) is 1. The lowest BCUT2D eigenvalue weighted by Crippen LogP contribution is -2.35. The highest BCUT2D eigenvalue weighted by atomic mass is 32.2. The lowest BCUT2D eigenvalue weighted by molar-refractivity contribution is -0.106. The molecular weight excluding hydrogens is 154 g/mol. The van der Waals surface area contributed by atoms with Gasteiger partial charge in [0, 0.05) is 14.1 Å². The van der Waals surface area contributed by atoms with Crippen LogP contribution in [0, 0.1) is 4.78 Å². The second kappa shape index (κ2) is 3.65. The van der Waals surface area contributed by atoms with Crippen LogP contribution < -0.4 is 4.72 Å². The topological polar surface area (TPSA) is 73.3 Å². The summed E-state index contributed by atoms with van der Waals surface area (Å²) in [4.78, 5) is 9.78. The van der Waals surface area contributed by atoms with Gasteiger partial charge in [-0.15, -0.1) is 0 Å². The third kappa shape index (κ3) is 2.90. The van der Waals surface area contributed by atoms with Crippen molar-refractivity contribution in [3.63, 3.8) is 0 Å². The Morgan fingerprint density at radius 2 is 2.20 bits per heavy atom. The van der Waals surface area contributed by atoms with Gasteiger partial charge in [-0.25, -0.2) is 18.0 Å². The van der Waals surface area contributed by atoms with E-state index in [0.717, 1.165) is 0 Å². The number of nitrogens with one attached hydrogen (secondary N) is 2. The first-order valence-electron chi connectivity index (χ1n) is 2.65. The molecule has 6 heteroatoms. The number of hydrogen-bond donors (Lipinski definition) is 2. The molecule has 0 heterocycles.